The Morgan fingerprint density at radius 2 is 2.03 bits per heavy atom. The van der Waals surface area contributed by atoms with Crippen molar-refractivity contribution in [1.29, 1.82) is 0 Å². The lowest BCUT2D eigenvalue weighted by Crippen LogP contribution is -2.39. The Balaban J connectivity index is 1.94. The third-order valence-electron chi connectivity index (χ3n) is 4.59. The van der Waals surface area contributed by atoms with E-state index in [4.69, 9.17) is 16.3 Å². The Morgan fingerprint density at radius 1 is 1.27 bits per heavy atom. The summed E-state index contributed by atoms with van der Waals surface area (Å²) in [6.07, 6.45) is 1.50. The smallest absolute Gasteiger partial charge is 0.338 e. The maximum Gasteiger partial charge on any atom is 0.338 e. The summed E-state index contributed by atoms with van der Waals surface area (Å²) >= 11 is 9.05. The number of fused-ring (bicyclic) bond motifs is 1. The number of nitrogens with zero attached hydrogens (tertiary/aromatic N) is 2. The van der Waals surface area contributed by atoms with Gasteiger partial charge in [0.25, 0.3) is 5.56 Å². The molecule has 0 spiro atoms. The van der Waals surface area contributed by atoms with Gasteiger partial charge < -0.3 is 4.74 Å². The van der Waals surface area contributed by atoms with Crippen molar-refractivity contribution in [1.82, 2.24) is 4.57 Å². The number of hydrogen-bond donors (Lipinski definition) is 0. The molecule has 0 unspecified atom stereocenters. The molecular weight excluding hydrogens is 440 g/mol. The first kappa shape index (κ1) is 20.8. The molecule has 1 atom stereocenters. The fraction of sp³-hybridized carbons (Fsp3) is 0.227. The van der Waals surface area contributed by atoms with Crippen molar-refractivity contribution >= 4 is 46.3 Å². The van der Waals surface area contributed by atoms with E-state index in [1.54, 1.807) is 37.5 Å². The molecule has 5 nitrogen and oxygen atoms in total. The van der Waals surface area contributed by atoms with Gasteiger partial charge in [0.15, 0.2) is 4.80 Å². The topological polar surface area (TPSA) is 60.7 Å². The zero-order valence-electron chi connectivity index (χ0n) is 16.6. The van der Waals surface area contributed by atoms with Gasteiger partial charge in [-0.05, 0) is 49.9 Å². The number of hydrogen-bond acceptors (Lipinski definition) is 6. The lowest BCUT2D eigenvalue weighted by atomic mass is 10.0. The summed E-state index contributed by atoms with van der Waals surface area (Å²) in [4.78, 5) is 32.3. The van der Waals surface area contributed by atoms with Gasteiger partial charge in [-0.15, -0.1) is 11.3 Å². The number of aromatic nitrogens is 1. The van der Waals surface area contributed by atoms with Crippen molar-refractivity contribution < 1.29 is 9.53 Å². The first-order chi connectivity index (χ1) is 14.4. The number of rotatable bonds is 4. The quantitative estimate of drug-likeness (QED) is 0.557. The molecule has 154 valence electrons. The molecule has 0 fully saturated rings. The molecule has 0 saturated heterocycles. The minimum absolute atomic E-state index is 0.209. The molecule has 3 aromatic rings. The highest BCUT2D eigenvalue weighted by atomic mass is 35.5. The average molecular weight is 459 g/mol. The molecule has 2 aromatic heterocycles. The van der Waals surface area contributed by atoms with E-state index in [0.717, 1.165) is 10.4 Å². The molecule has 0 saturated carbocycles. The summed E-state index contributed by atoms with van der Waals surface area (Å²) in [5, 5.41) is 2.49. The van der Waals surface area contributed by atoms with Gasteiger partial charge >= 0.3 is 5.97 Å². The minimum Gasteiger partial charge on any atom is -0.459 e. The second kappa shape index (κ2) is 8.34. The molecule has 4 rings (SSSR count). The monoisotopic (exact) mass is 458 g/mol. The Labute approximate surface area is 186 Å². The Morgan fingerprint density at radius 3 is 2.70 bits per heavy atom. The van der Waals surface area contributed by atoms with Crippen LogP contribution in [0.1, 0.15) is 37.3 Å². The van der Waals surface area contributed by atoms with Gasteiger partial charge in [-0.1, -0.05) is 47.2 Å². The van der Waals surface area contributed by atoms with Crippen molar-refractivity contribution in [3.8, 4) is 0 Å². The fourth-order valence-electron chi connectivity index (χ4n) is 3.31. The predicted octanol–water partition coefficient (Wildman–Crippen LogP) is 3.90. The van der Waals surface area contributed by atoms with Crippen molar-refractivity contribution in [2.75, 3.05) is 0 Å². The molecule has 3 heterocycles. The largest absolute Gasteiger partial charge is 0.459 e. The maximum atomic E-state index is 13.4. The number of carbonyl (C=O) groups excluding carboxylic acids is 1. The summed E-state index contributed by atoms with van der Waals surface area (Å²) in [5.74, 6) is -0.454. The van der Waals surface area contributed by atoms with E-state index in [2.05, 4.69) is 4.99 Å². The molecule has 8 heteroatoms. The van der Waals surface area contributed by atoms with Gasteiger partial charge in [-0.3, -0.25) is 9.36 Å². The van der Waals surface area contributed by atoms with Gasteiger partial charge in [0.1, 0.15) is 6.04 Å². The molecule has 1 aromatic carbocycles. The first-order valence-corrected chi connectivity index (χ1v) is 11.5. The molecule has 0 bridgehead atoms. The number of carbonyl (C=O) groups is 1. The van der Waals surface area contributed by atoms with Crippen molar-refractivity contribution in [3.63, 3.8) is 0 Å². The normalized spacial score (nSPS) is 16.6. The molecule has 0 radical (unpaired) electrons. The number of ether oxygens (including phenoxy) is 1. The Hall–Kier alpha value is -2.48. The van der Waals surface area contributed by atoms with E-state index in [1.165, 1.54) is 22.7 Å². The number of thiophene rings is 1. The van der Waals surface area contributed by atoms with Gasteiger partial charge in [-0.2, -0.15) is 0 Å². The molecule has 1 aliphatic rings. The van der Waals surface area contributed by atoms with Crippen LogP contribution in [-0.2, 0) is 9.53 Å². The number of halogens is 1. The SMILES string of the molecule is CC1=C(C(=O)OC(C)C)[C@H](c2cccs2)n2c(s/c(=C/c3ccccc3Cl)c2=O)=N1. The van der Waals surface area contributed by atoms with E-state index in [-0.39, 0.29) is 11.7 Å². The van der Waals surface area contributed by atoms with Gasteiger partial charge in [0, 0.05) is 9.90 Å². The van der Waals surface area contributed by atoms with Gasteiger partial charge in [-0.25, -0.2) is 9.79 Å². The second-order valence-electron chi connectivity index (χ2n) is 7.07. The molecular formula is C22H19ClN2O3S2. The molecule has 0 aliphatic carbocycles. The van der Waals surface area contributed by atoms with E-state index in [9.17, 15) is 9.59 Å². The van der Waals surface area contributed by atoms with Crippen LogP contribution in [0.15, 0.2) is 62.8 Å². The van der Waals surface area contributed by atoms with Crippen molar-refractivity contribution in [2.45, 2.75) is 32.9 Å². The van der Waals surface area contributed by atoms with Gasteiger partial charge in [0.2, 0.25) is 0 Å². The Kier molecular flexibility index (Phi) is 5.77. The van der Waals surface area contributed by atoms with E-state index < -0.39 is 12.0 Å². The maximum absolute atomic E-state index is 13.4. The van der Waals surface area contributed by atoms with E-state index in [0.29, 0.717) is 25.6 Å². The van der Waals surface area contributed by atoms with Crippen LogP contribution in [0.2, 0.25) is 5.02 Å². The van der Waals surface area contributed by atoms with Crippen LogP contribution in [0.5, 0.6) is 0 Å². The predicted molar refractivity (Wildman–Crippen MR) is 121 cm³/mol. The lowest BCUT2D eigenvalue weighted by Gasteiger charge is -2.24. The van der Waals surface area contributed by atoms with Crippen LogP contribution >= 0.6 is 34.3 Å². The van der Waals surface area contributed by atoms with Crippen LogP contribution in [0, 0.1) is 0 Å². The summed E-state index contributed by atoms with van der Waals surface area (Å²) < 4.78 is 7.57. The highest BCUT2D eigenvalue weighted by molar-refractivity contribution is 7.10. The first-order valence-electron chi connectivity index (χ1n) is 9.38. The average Bonchev–Trinajstić information content (AvgIpc) is 3.31. The zero-order chi connectivity index (χ0) is 21.4. The van der Waals surface area contributed by atoms with Gasteiger partial charge in [0.05, 0.1) is 21.9 Å². The summed E-state index contributed by atoms with van der Waals surface area (Å²) in [5.41, 5.74) is 1.50. The Bertz CT molecular complexity index is 1320. The molecule has 0 amide bonds. The van der Waals surface area contributed by atoms with Crippen LogP contribution in [-0.4, -0.2) is 16.6 Å². The highest BCUT2D eigenvalue weighted by Gasteiger charge is 2.34. The third-order valence-corrected chi connectivity index (χ3v) is 6.84. The number of benzene rings is 1. The highest BCUT2D eigenvalue weighted by Crippen LogP contribution is 2.33. The number of allylic oxidation sites excluding steroid dienone is 1. The van der Waals surface area contributed by atoms with Crippen LogP contribution < -0.4 is 14.9 Å². The number of esters is 1. The van der Waals surface area contributed by atoms with Crippen LogP contribution in [0.4, 0.5) is 0 Å². The standard InChI is InChI=1S/C22H19ClN2O3S2/c1-12(2)28-21(27)18-13(3)24-22-25(19(18)16-9-6-10-29-16)20(26)17(30-22)11-14-7-4-5-8-15(14)23/h4-12,19H,1-3H3/b17-11+/t19-/m0/s1. The zero-order valence-corrected chi connectivity index (χ0v) is 19.0. The second-order valence-corrected chi connectivity index (χ2v) is 9.47. The van der Waals surface area contributed by atoms with Crippen LogP contribution in [0.3, 0.4) is 0 Å². The summed E-state index contributed by atoms with van der Waals surface area (Å²) in [6, 6.07) is 10.6. The molecule has 30 heavy (non-hydrogen) atoms. The van der Waals surface area contributed by atoms with E-state index in [1.807, 2.05) is 35.7 Å². The fourth-order valence-corrected chi connectivity index (χ4v) is 5.36. The summed E-state index contributed by atoms with van der Waals surface area (Å²) in [7, 11) is 0. The molecule has 0 N–H and O–H groups in total. The third kappa shape index (κ3) is 3.80. The number of thiazole rings is 1. The van der Waals surface area contributed by atoms with E-state index >= 15 is 0 Å². The summed E-state index contributed by atoms with van der Waals surface area (Å²) in [6.45, 7) is 5.38. The minimum atomic E-state index is -0.569. The lowest BCUT2D eigenvalue weighted by molar-refractivity contribution is -0.143. The molecule has 1 aliphatic heterocycles. The van der Waals surface area contributed by atoms with Crippen molar-refractivity contribution in [2.24, 2.45) is 4.99 Å². The van der Waals surface area contributed by atoms with Crippen molar-refractivity contribution in [3.05, 3.63) is 88.2 Å². The van der Waals surface area contributed by atoms with Crippen LogP contribution in [0.25, 0.3) is 6.08 Å².